The highest BCUT2D eigenvalue weighted by Crippen LogP contribution is 2.53. The van der Waals surface area contributed by atoms with Crippen LogP contribution in [-0.4, -0.2) is 16.8 Å². The van der Waals surface area contributed by atoms with Crippen LogP contribution >= 0.6 is 0 Å². The third-order valence-electron chi connectivity index (χ3n) is 6.11. The standard InChI is InChI=1S/C25H24O5/c1-13-14(2)28-22-16-10-11-25(3,4)30-23(16)19-17(15-8-6-5-7-9-15)12-18(26)29-24(19)20(22)21(13)27/h5-14,21,27H,1-4H3/t13-,14-,21?/m0/s1. The number of hydrogen-bond acceptors (Lipinski definition) is 5. The van der Waals surface area contributed by atoms with E-state index in [0.29, 0.717) is 33.6 Å². The lowest BCUT2D eigenvalue weighted by Gasteiger charge is -2.37. The number of aliphatic hydroxyl groups excluding tert-OH is 1. The molecule has 2 aliphatic heterocycles. The Morgan fingerprint density at radius 2 is 1.80 bits per heavy atom. The van der Waals surface area contributed by atoms with E-state index in [0.717, 1.165) is 11.1 Å². The fourth-order valence-corrected chi connectivity index (χ4v) is 4.29. The van der Waals surface area contributed by atoms with Crippen molar-refractivity contribution in [2.75, 3.05) is 0 Å². The van der Waals surface area contributed by atoms with Crippen molar-refractivity contribution in [3.8, 4) is 22.6 Å². The first-order valence-electron chi connectivity index (χ1n) is 10.2. The van der Waals surface area contributed by atoms with Gasteiger partial charge in [0.25, 0.3) is 0 Å². The van der Waals surface area contributed by atoms with E-state index in [4.69, 9.17) is 13.9 Å². The molecule has 30 heavy (non-hydrogen) atoms. The molecule has 2 aliphatic rings. The molecule has 3 heterocycles. The van der Waals surface area contributed by atoms with Gasteiger partial charge in [-0.25, -0.2) is 4.79 Å². The Morgan fingerprint density at radius 3 is 2.53 bits per heavy atom. The van der Waals surface area contributed by atoms with Gasteiger partial charge in [0.15, 0.2) is 5.58 Å². The first-order valence-corrected chi connectivity index (χ1v) is 10.2. The molecule has 0 saturated carbocycles. The van der Waals surface area contributed by atoms with Crippen LogP contribution in [0.5, 0.6) is 11.5 Å². The van der Waals surface area contributed by atoms with Crippen molar-refractivity contribution in [3.63, 3.8) is 0 Å². The number of fused-ring (bicyclic) bond motifs is 6. The monoisotopic (exact) mass is 404 g/mol. The summed E-state index contributed by atoms with van der Waals surface area (Å²) < 4.78 is 18.3. The van der Waals surface area contributed by atoms with Crippen molar-refractivity contribution < 1.29 is 19.0 Å². The van der Waals surface area contributed by atoms with E-state index in [2.05, 4.69) is 0 Å². The lowest BCUT2D eigenvalue weighted by molar-refractivity contribution is 0.0173. The van der Waals surface area contributed by atoms with Gasteiger partial charge in [-0.3, -0.25) is 0 Å². The average molecular weight is 404 g/mol. The Labute approximate surface area is 174 Å². The zero-order valence-electron chi connectivity index (χ0n) is 17.4. The van der Waals surface area contributed by atoms with E-state index in [1.165, 1.54) is 6.07 Å². The molecule has 2 aromatic carbocycles. The van der Waals surface area contributed by atoms with Crippen molar-refractivity contribution in [2.24, 2.45) is 5.92 Å². The van der Waals surface area contributed by atoms with Gasteiger partial charge >= 0.3 is 5.63 Å². The Hall–Kier alpha value is -3.05. The van der Waals surface area contributed by atoms with Crippen molar-refractivity contribution in [2.45, 2.75) is 45.5 Å². The molecule has 154 valence electrons. The zero-order valence-corrected chi connectivity index (χ0v) is 17.4. The second-order valence-corrected chi connectivity index (χ2v) is 8.70. The van der Waals surface area contributed by atoms with Gasteiger partial charge < -0.3 is 19.0 Å². The number of ether oxygens (including phenoxy) is 2. The lowest BCUT2D eigenvalue weighted by atomic mass is 9.84. The molecule has 0 spiro atoms. The summed E-state index contributed by atoms with van der Waals surface area (Å²) in [5.74, 6) is 0.970. The average Bonchev–Trinajstić information content (AvgIpc) is 2.71. The van der Waals surface area contributed by atoms with Crippen molar-refractivity contribution >= 4 is 17.0 Å². The minimum absolute atomic E-state index is 0.158. The first kappa shape index (κ1) is 18.9. The van der Waals surface area contributed by atoms with Crippen LogP contribution in [0.2, 0.25) is 0 Å². The normalized spacial score (nSPS) is 24.0. The molecule has 0 fully saturated rings. The second kappa shape index (κ2) is 6.47. The van der Waals surface area contributed by atoms with Crippen LogP contribution in [0.15, 0.2) is 51.7 Å². The molecule has 5 nitrogen and oxygen atoms in total. The minimum Gasteiger partial charge on any atom is -0.489 e. The second-order valence-electron chi connectivity index (χ2n) is 8.70. The number of benzene rings is 2. The van der Waals surface area contributed by atoms with Gasteiger partial charge in [0.2, 0.25) is 0 Å². The van der Waals surface area contributed by atoms with Gasteiger partial charge in [-0.2, -0.15) is 0 Å². The van der Waals surface area contributed by atoms with Gasteiger partial charge in [-0.05, 0) is 38.5 Å². The van der Waals surface area contributed by atoms with Gasteiger partial charge in [0.05, 0.1) is 22.6 Å². The highest BCUT2D eigenvalue weighted by molar-refractivity contribution is 6.04. The summed E-state index contributed by atoms with van der Waals surface area (Å²) in [7, 11) is 0. The molecule has 3 aromatic rings. The van der Waals surface area contributed by atoms with E-state index in [1.807, 2.05) is 70.2 Å². The summed E-state index contributed by atoms with van der Waals surface area (Å²) in [6, 6.07) is 11.2. The van der Waals surface area contributed by atoms with Crippen molar-refractivity contribution in [1.82, 2.24) is 0 Å². The van der Waals surface area contributed by atoms with Crippen LogP contribution in [0, 0.1) is 5.92 Å². The predicted octanol–water partition coefficient (Wildman–Crippen LogP) is 5.09. The van der Waals surface area contributed by atoms with E-state index in [9.17, 15) is 9.90 Å². The highest BCUT2D eigenvalue weighted by atomic mass is 16.5. The summed E-state index contributed by atoms with van der Waals surface area (Å²) in [5.41, 5.74) is 2.18. The molecule has 0 bridgehead atoms. The SMILES string of the molecule is C[C@@H]1Oc2c3c(c4c(-c5ccccc5)cc(=O)oc4c2C(O)[C@H]1C)OC(C)(C)C=C3. The number of hydrogen-bond donors (Lipinski definition) is 1. The number of aliphatic hydroxyl groups is 1. The molecule has 0 amide bonds. The molecule has 0 aliphatic carbocycles. The first-order chi connectivity index (χ1) is 14.3. The van der Waals surface area contributed by atoms with Crippen molar-refractivity contribution in [3.05, 3.63) is 64.0 Å². The van der Waals surface area contributed by atoms with E-state index >= 15 is 0 Å². The highest BCUT2D eigenvalue weighted by Gasteiger charge is 2.40. The molecule has 0 radical (unpaired) electrons. The topological polar surface area (TPSA) is 68.9 Å². The quantitative estimate of drug-likeness (QED) is 0.572. The van der Waals surface area contributed by atoms with Crippen LogP contribution < -0.4 is 15.1 Å². The van der Waals surface area contributed by atoms with E-state index in [1.54, 1.807) is 0 Å². The van der Waals surface area contributed by atoms with Crippen molar-refractivity contribution in [1.29, 1.82) is 0 Å². The van der Waals surface area contributed by atoms with Gasteiger partial charge in [-0.1, -0.05) is 37.3 Å². The third-order valence-corrected chi connectivity index (χ3v) is 6.11. The van der Waals surface area contributed by atoms with Crippen LogP contribution in [0.1, 0.15) is 44.9 Å². The third kappa shape index (κ3) is 2.76. The van der Waals surface area contributed by atoms with Crippen LogP contribution in [-0.2, 0) is 0 Å². The molecule has 5 rings (SSSR count). The summed E-state index contributed by atoms with van der Waals surface area (Å²) in [5, 5.41) is 11.8. The molecule has 3 atom stereocenters. The Balaban J connectivity index is 1.97. The summed E-state index contributed by atoms with van der Waals surface area (Å²) in [4.78, 5) is 12.6. The zero-order chi connectivity index (χ0) is 21.2. The summed E-state index contributed by atoms with van der Waals surface area (Å²) in [6.07, 6.45) is 2.93. The molecule has 1 N–H and O–H groups in total. The smallest absolute Gasteiger partial charge is 0.336 e. The summed E-state index contributed by atoms with van der Waals surface area (Å²) in [6.45, 7) is 7.80. The predicted molar refractivity (Wildman–Crippen MR) is 116 cm³/mol. The van der Waals surface area contributed by atoms with Gasteiger partial charge in [0.1, 0.15) is 23.2 Å². The largest absolute Gasteiger partial charge is 0.489 e. The lowest BCUT2D eigenvalue weighted by Crippen LogP contribution is -2.34. The maximum absolute atomic E-state index is 12.6. The minimum atomic E-state index is -0.825. The Bertz CT molecular complexity index is 1240. The van der Waals surface area contributed by atoms with Crippen LogP contribution in [0.3, 0.4) is 0 Å². The number of rotatable bonds is 1. The van der Waals surface area contributed by atoms with Crippen LogP contribution in [0.25, 0.3) is 28.2 Å². The molecular formula is C25H24O5. The molecule has 0 saturated heterocycles. The Kier molecular flexibility index (Phi) is 4.09. The van der Waals surface area contributed by atoms with E-state index < -0.39 is 17.3 Å². The fourth-order valence-electron chi connectivity index (χ4n) is 4.29. The molecular weight excluding hydrogens is 380 g/mol. The van der Waals surface area contributed by atoms with Crippen LogP contribution in [0.4, 0.5) is 0 Å². The van der Waals surface area contributed by atoms with Gasteiger partial charge in [-0.15, -0.1) is 0 Å². The fraction of sp³-hybridized carbons (Fsp3) is 0.320. The maximum Gasteiger partial charge on any atom is 0.336 e. The molecule has 1 aromatic heterocycles. The van der Waals surface area contributed by atoms with Gasteiger partial charge in [0, 0.05) is 17.5 Å². The molecule has 1 unspecified atom stereocenters. The summed E-state index contributed by atoms with van der Waals surface area (Å²) >= 11 is 0. The van der Waals surface area contributed by atoms with E-state index in [-0.39, 0.29) is 12.0 Å². The maximum atomic E-state index is 12.6. The molecule has 5 heteroatoms. The Morgan fingerprint density at radius 1 is 1.07 bits per heavy atom.